The number of nitrogens with one attached hydrogen (secondary N) is 1. The second-order valence-electron chi connectivity index (χ2n) is 5.67. The van der Waals surface area contributed by atoms with Gasteiger partial charge in [0.25, 0.3) is 0 Å². The van der Waals surface area contributed by atoms with Crippen molar-refractivity contribution in [3.8, 4) is 5.75 Å². The van der Waals surface area contributed by atoms with Gasteiger partial charge in [0, 0.05) is 13.7 Å². The molecular weight excluding hydrogens is 329 g/mol. The Kier molecular flexibility index (Phi) is 5.44. The number of amides is 2. The van der Waals surface area contributed by atoms with Crippen LogP contribution in [0.5, 0.6) is 5.75 Å². The minimum Gasteiger partial charge on any atom is -0.484 e. The molecule has 1 fully saturated rings. The molecule has 134 valence electrons. The van der Waals surface area contributed by atoms with Crippen molar-refractivity contribution in [1.29, 1.82) is 0 Å². The van der Waals surface area contributed by atoms with Crippen LogP contribution in [0.25, 0.3) is 0 Å². The van der Waals surface area contributed by atoms with Gasteiger partial charge in [0.15, 0.2) is 17.4 Å². The van der Waals surface area contributed by atoms with Gasteiger partial charge >= 0.3 is 6.03 Å². The minimum absolute atomic E-state index is 0.201. The van der Waals surface area contributed by atoms with Crippen molar-refractivity contribution in [2.75, 3.05) is 26.8 Å². The molecule has 0 saturated carbocycles. The number of methoxy groups -OCH3 is 1. The van der Waals surface area contributed by atoms with E-state index in [-0.39, 0.29) is 24.4 Å². The lowest BCUT2D eigenvalue weighted by Gasteiger charge is -2.38. The first kappa shape index (κ1) is 17.2. The summed E-state index contributed by atoms with van der Waals surface area (Å²) in [5.74, 6) is 0.463. The number of ether oxygens (including phenoxy) is 2. The van der Waals surface area contributed by atoms with Crippen molar-refractivity contribution >= 4 is 6.03 Å². The Bertz CT molecular complexity index is 717. The van der Waals surface area contributed by atoms with E-state index < -0.39 is 5.82 Å². The number of nitrogens with zero attached hydrogens (tertiary/aromatic N) is 4. The summed E-state index contributed by atoms with van der Waals surface area (Å²) >= 11 is 0. The van der Waals surface area contributed by atoms with Gasteiger partial charge in [-0.05, 0) is 12.1 Å². The van der Waals surface area contributed by atoms with Crippen LogP contribution in [0.2, 0.25) is 0 Å². The van der Waals surface area contributed by atoms with Crippen LogP contribution in [0, 0.1) is 5.82 Å². The van der Waals surface area contributed by atoms with Gasteiger partial charge < -0.3 is 24.3 Å². The quantitative estimate of drug-likeness (QED) is 0.808. The van der Waals surface area contributed by atoms with E-state index in [0.29, 0.717) is 32.1 Å². The lowest BCUT2D eigenvalue weighted by Crippen LogP contribution is -2.58. The van der Waals surface area contributed by atoms with Gasteiger partial charge in [-0.1, -0.05) is 12.1 Å². The summed E-state index contributed by atoms with van der Waals surface area (Å²) in [6.45, 7) is 2.27. The average Bonchev–Trinajstić information content (AvgIpc) is 3.02. The molecule has 1 aliphatic rings. The zero-order valence-electron chi connectivity index (χ0n) is 13.9. The van der Waals surface area contributed by atoms with Gasteiger partial charge in [0.1, 0.15) is 12.4 Å². The number of benzene rings is 1. The highest BCUT2D eigenvalue weighted by Gasteiger charge is 2.32. The number of carbonyl (C=O) groups excluding carboxylic acids is 1. The summed E-state index contributed by atoms with van der Waals surface area (Å²) in [6.07, 6.45) is 1.40. The van der Waals surface area contributed by atoms with Crippen molar-refractivity contribution < 1.29 is 18.7 Å². The van der Waals surface area contributed by atoms with Crippen LogP contribution in [0.15, 0.2) is 30.6 Å². The Hall–Kier alpha value is -2.68. The maximum atomic E-state index is 13.5. The smallest absolute Gasteiger partial charge is 0.318 e. The molecule has 1 aliphatic heterocycles. The van der Waals surface area contributed by atoms with Crippen molar-refractivity contribution in [3.63, 3.8) is 0 Å². The predicted molar refractivity (Wildman–Crippen MR) is 86.5 cm³/mol. The molecule has 0 radical (unpaired) electrons. The molecule has 1 aromatic heterocycles. The normalized spacial score (nSPS) is 14.2. The maximum Gasteiger partial charge on any atom is 0.318 e. The molecule has 2 aromatic rings. The molecule has 0 spiro atoms. The standard InChI is InChI=1S/C16H20FN5O3/c1-24-7-6-21-11-19-20-15(21)8-18-16(23)22-9-12(10-22)25-14-5-3-2-4-13(14)17/h2-5,11-12H,6-10H2,1H3,(H,18,23). The first-order valence-corrected chi connectivity index (χ1v) is 7.97. The topological polar surface area (TPSA) is 81.5 Å². The van der Waals surface area contributed by atoms with Gasteiger partial charge in [0.2, 0.25) is 0 Å². The number of hydrogen-bond acceptors (Lipinski definition) is 5. The van der Waals surface area contributed by atoms with Crippen LogP contribution in [0.4, 0.5) is 9.18 Å². The van der Waals surface area contributed by atoms with Crippen LogP contribution in [0.1, 0.15) is 5.82 Å². The molecule has 1 saturated heterocycles. The average molecular weight is 349 g/mol. The van der Waals surface area contributed by atoms with Gasteiger partial charge in [-0.15, -0.1) is 10.2 Å². The number of rotatable bonds is 7. The molecule has 0 atom stereocenters. The largest absolute Gasteiger partial charge is 0.484 e. The van der Waals surface area contributed by atoms with Crippen molar-refractivity contribution in [2.45, 2.75) is 19.2 Å². The zero-order chi connectivity index (χ0) is 17.6. The van der Waals surface area contributed by atoms with Gasteiger partial charge in [0.05, 0.1) is 26.2 Å². The van der Waals surface area contributed by atoms with Crippen LogP contribution in [0.3, 0.4) is 0 Å². The molecule has 0 unspecified atom stereocenters. The predicted octanol–water partition coefficient (Wildman–Crippen LogP) is 1.04. The Morgan fingerprint density at radius 3 is 2.96 bits per heavy atom. The Morgan fingerprint density at radius 2 is 2.20 bits per heavy atom. The fraction of sp³-hybridized carbons (Fsp3) is 0.438. The summed E-state index contributed by atoms with van der Waals surface area (Å²) in [5.41, 5.74) is 0. The fourth-order valence-corrected chi connectivity index (χ4v) is 2.46. The van der Waals surface area contributed by atoms with Crippen LogP contribution in [-0.2, 0) is 17.8 Å². The van der Waals surface area contributed by atoms with E-state index in [0.717, 1.165) is 0 Å². The van der Waals surface area contributed by atoms with Crippen molar-refractivity contribution in [3.05, 3.63) is 42.2 Å². The monoisotopic (exact) mass is 349 g/mol. The second kappa shape index (κ2) is 7.93. The van der Waals surface area contributed by atoms with Crippen LogP contribution in [-0.4, -0.2) is 58.6 Å². The summed E-state index contributed by atoms with van der Waals surface area (Å²) in [5, 5.41) is 10.6. The van der Waals surface area contributed by atoms with E-state index in [1.807, 2.05) is 4.57 Å². The lowest BCUT2D eigenvalue weighted by molar-refractivity contribution is 0.0417. The highest BCUT2D eigenvalue weighted by molar-refractivity contribution is 5.75. The molecule has 0 aliphatic carbocycles. The first-order valence-electron chi connectivity index (χ1n) is 7.97. The summed E-state index contributed by atoms with van der Waals surface area (Å²) in [6, 6.07) is 6.02. The number of carbonyl (C=O) groups is 1. The third-order valence-electron chi connectivity index (χ3n) is 3.90. The van der Waals surface area contributed by atoms with Crippen molar-refractivity contribution in [1.82, 2.24) is 25.0 Å². The Morgan fingerprint density at radius 1 is 1.40 bits per heavy atom. The van der Waals surface area contributed by atoms with Gasteiger partial charge in [-0.25, -0.2) is 9.18 Å². The van der Waals surface area contributed by atoms with Gasteiger partial charge in [-0.3, -0.25) is 0 Å². The number of para-hydroxylation sites is 1. The van der Waals surface area contributed by atoms with E-state index in [9.17, 15) is 9.18 Å². The molecule has 25 heavy (non-hydrogen) atoms. The van der Waals surface area contributed by atoms with E-state index in [1.54, 1.807) is 36.5 Å². The SMILES string of the molecule is COCCn1cnnc1CNC(=O)N1CC(Oc2ccccc2F)C1. The number of likely N-dealkylation sites (tertiary alicyclic amines) is 1. The molecule has 8 nitrogen and oxygen atoms in total. The summed E-state index contributed by atoms with van der Waals surface area (Å²) in [7, 11) is 1.62. The molecule has 1 N–H and O–H groups in total. The fourth-order valence-electron chi connectivity index (χ4n) is 2.46. The van der Waals surface area contributed by atoms with Gasteiger partial charge in [-0.2, -0.15) is 0 Å². The number of hydrogen-bond donors (Lipinski definition) is 1. The van der Waals surface area contributed by atoms with E-state index in [1.165, 1.54) is 6.07 Å². The lowest BCUT2D eigenvalue weighted by atomic mass is 10.2. The van der Waals surface area contributed by atoms with Crippen molar-refractivity contribution in [2.24, 2.45) is 0 Å². The zero-order valence-corrected chi connectivity index (χ0v) is 13.9. The molecular formula is C16H20FN5O3. The Balaban J connectivity index is 1.42. The molecule has 9 heteroatoms. The summed E-state index contributed by atoms with van der Waals surface area (Å²) in [4.78, 5) is 13.7. The number of urea groups is 1. The summed E-state index contributed by atoms with van der Waals surface area (Å²) < 4.78 is 25.9. The van der Waals surface area contributed by atoms with Crippen LogP contribution >= 0.6 is 0 Å². The van der Waals surface area contributed by atoms with E-state index in [4.69, 9.17) is 9.47 Å². The molecule has 1 aromatic carbocycles. The minimum atomic E-state index is -0.402. The highest BCUT2D eigenvalue weighted by Crippen LogP contribution is 2.21. The third kappa shape index (κ3) is 4.24. The Labute approximate surface area is 144 Å². The molecule has 0 bridgehead atoms. The first-order chi connectivity index (χ1) is 12.2. The van der Waals surface area contributed by atoms with E-state index >= 15 is 0 Å². The third-order valence-corrected chi connectivity index (χ3v) is 3.90. The highest BCUT2D eigenvalue weighted by atomic mass is 19.1. The number of halogens is 1. The molecule has 2 amide bonds. The maximum absolute atomic E-state index is 13.5. The molecule has 2 heterocycles. The molecule has 3 rings (SSSR count). The number of aromatic nitrogens is 3. The second-order valence-corrected chi connectivity index (χ2v) is 5.67. The van der Waals surface area contributed by atoms with E-state index in [2.05, 4.69) is 15.5 Å². The van der Waals surface area contributed by atoms with Crippen LogP contribution < -0.4 is 10.1 Å².